The van der Waals surface area contributed by atoms with Crippen LogP contribution in [0.5, 0.6) is 5.88 Å². The average Bonchev–Trinajstić information content (AvgIpc) is 3.02. The number of fused-ring (bicyclic) bond motifs is 1. The van der Waals surface area contributed by atoms with E-state index in [2.05, 4.69) is 24.8 Å². The number of pyridine rings is 1. The molecule has 1 unspecified atom stereocenters. The molecule has 1 saturated heterocycles. The molecule has 0 amide bonds. The van der Waals surface area contributed by atoms with Gasteiger partial charge in [0, 0.05) is 38.3 Å². The van der Waals surface area contributed by atoms with E-state index in [4.69, 9.17) is 4.74 Å². The summed E-state index contributed by atoms with van der Waals surface area (Å²) in [4.78, 5) is 19.8. The summed E-state index contributed by atoms with van der Waals surface area (Å²) in [6.45, 7) is 2.57. The van der Waals surface area contributed by atoms with Gasteiger partial charge in [0.1, 0.15) is 6.33 Å². The van der Waals surface area contributed by atoms with Crippen LogP contribution in [0.4, 0.5) is 5.82 Å². The predicted octanol–water partition coefficient (Wildman–Crippen LogP) is 2.05. The second-order valence-corrected chi connectivity index (χ2v) is 6.16. The van der Waals surface area contributed by atoms with E-state index in [0.29, 0.717) is 18.4 Å². The number of rotatable bonds is 4. The van der Waals surface area contributed by atoms with Crippen molar-refractivity contribution in [2.45, 2.75) is 12.8 Å². The summed E-state index contributed by atoms with van der Waals surface area (Å²) in [5, 5.41) is 0. The molecule has 1 aliphatic heterocycles. The molecule has 124 valence electrons. The molecular weight excluding hydrogens is 304 g/mol. The van der Waals surface area contributed by atoms with Gasteiger partial charge in [0.05, 0.1) is 12.9 Å². The summed E-state index contributed by atoms with van der Waals surface area (Å²) in [5.74, 6) is 2.06. The van der Waals surface area contributed by atoms with Crippen molar-refractivity contribution in [2.75, 3.05) is 24.6 Å². The fraction of sp³-hybridized carbons (Fsp3) is 0.412. The van der Waals surface area contributed by atoms with Crippen molar-refractivity contribution in [1.29, 1.82) is 0 Å². The second kappa shape index (κ2) is 6.43. The third kappa shape index (κ3) is 2.89. The Bertz CT molecular complexity index is 818. The Kier molecular flexibility index (Phi) is 3.98. The third-order valence-corrected chi connectivity index (χ3v) is 4.40. The zero-order valence-corrected chi connectivity index (χ0v) is 13.7. The van der Waals surface area contributed by atoms with Gasteiger partial charge in [-0.15, -0.1) is 0 Å². The summed E-state index contributed by atoms with van der Waals surface area (Å²) in [6.07, 6.45) is 7.43. The molecule has 4 rings (SSSR count). The van der Waals surface area contributed by atoms with Gasteiger partial charge in [-0.1, -0.05) is 6.07 Å². The Hall–Kier alpha value is -2.70. The van der Waals surface area contributed by atoms with E-state index < -0.39 is 0 Å². The van der Waals surface area contributed by atoms with Crippen LogP contribution in [0, 0.1) is 5.92 Å². The number of ether oxygens (including phenoxy) is 1. The number of anilines is 1. The summed E-state index contributed by atoms with van der Waals surface area (Å²) in [6, 6.07) is 5.72. The average molecular weight is 324 g/mol. The van der Waals surface area contributed by atoms with Crippen LogP contribution in [0.25, 0.3) is 11.2 Å². The maximum atomic E-state index is 5.83. The second-order valence-electron chi connectivity index (χ2n) is 6.16. The number of nitrogens with zero attached hydrogens (tertiary/aromatic N) is 6. The minimum Gasteiger partial charge on any atom is -0.477 e. The van der Waals surface area contributed by atoms with Gasteiger partial charge in [0.15, 0.2) is 17.0 Å². The number of aryl methyl sites for hydroxylation is 1. The van der Waals surface area contributed by atoms with Crippen LogP contribution >= 0.6 is 0 Å². The van der Waals surface area contributed by atoms with E-state index >= 15 is 0 Å². The molecule has 1 aliphatic rings. The van der Waals surface area contributed by atoms with Crippen LogP contribution in [0.2, 0.25) is 0 Å². The minimum absolute atomic E-state index is 0.453. The monoisotopic (exact) mass is 324 g/mol. The van der Waals surface area contributed by atoms with E-state index in [1.807, 2.05) is 29.8 Å². The van der Waals surface area contributed by atoms with E-state index in [1.165, 1.54) is 0 Å². The standard InChI is InChI=1S/C17H20N6O/c1-22-12-21-15-16(22)19-11-20-17(15)23-8-4-5-13(9-23)10-24-14-6-2-3-7-18-14/h2-3,6-7,11-13H,4-5,8-10H2,1H3. The molecule has 0 aliphatic carbocycles. The van der Waals surface area contributed by atoms with Crippen LogP contribution in [-0.2, 0) is 7.05 Å². The first kappa shape index (κ1) is 14.9. The Labute approximate surface area is 140 Å². The highest BCUT2D eigenvalue weighted by Crippen LogP contribution is 2.26. The van der Waals surface area contributed by atoms with Gasteiger partial charge < -0.3 is 14.2 Å². The van der Waals surface area contributed by atoms with E-state index in [0.717, 1.165) is 42.9 Å². The first-order valence-electron chi connectivity index (χ1n) is 8.22. The van der Waals surface area contributed by atoms with Crippen LogP contribution in [0.3, 0.4) is 0 Å². The third-order valence-electron chi connectivity index (χ3n) is 4.40. The van der Waals surface area contributed by atoms with Crippen molar-refractivity contribution < 1.29 is 4.74 Å². The van der Waals surface area contributed by atoms with Crippen molar-refractivity contribution in [2.24, 2.45) is 13.0 Å². The number of piperidine rings is 1. The lowest BCUT2D eigenvalue weighted by Gasteiger charge is -2.33. The Balaban J connectivity index is 1.48. The normalized spacial score (nSPS) is 18.0. The van der Waals surface area contributed by atoms with Crippen molar-refractivity contribution in [3.63, 3.8) is 0 Å². The summed E-state index contributed by atoms with van der Waals surface area (Å²) >= 11 is 0. The fourth-order valence-electron chi connectivity index (χ4n) is 3.19. The molecule has 0 bridgehead atoms. The van der Waals surface area contributed by atoms with Crippen LogP contribution in [-0.4, -0.2) is 44.2 Å². The van der Waals surface area contributed by atoms with Crippen molar-refractivity contribution >= 4 is 17.0 Å². The highest BCUT2D eigenvalue weighted by molar-refractivity contribution is 5.83. The number of hydrogen-bond donors (Lipinski definition) is 0. The van der Waals surface area contributed by atoms with Gasteiger partial charge in [0.25, 0.3) is 0 Å². The molecule has 1 atom stereocenters. The molecule has 1 fully saturated rings. The van der Waals surface area contributed by atoms with Gasteiger partial charge in [0.2, 0.25) is 5.88 Å². The molecule has 7 nitrogen and oxygen atoms in total. The molecule has 0 aromatic carbocycles. The molecule has 3 aromatic rings. The van der Waals surface area contributed by atoms with Gasteiger partial charge in [-0.05, 0) is 18.9 Å². The molecule has 7 heteroatoms. The molecule has 4 heterocycles. The Morgan fingerprint density at radius 2 is 2.17 bits per heavy atom. The summed E-state index contributed by atoms with van der Waals surface area (Å²) in [5.41, 5.74) is 1.73. The van der Waals surface area contributed by atoms with Crippen LogP contribution in [0.15, 0.2) is 37.1 Å². The van der Waals surface area contributed by atoms with Crippen molar-refractivity contribution in [3.05, 3.63) is 37.1 Å². The highest BCUT2D eigenvalue weighted by atomic mass is 16.5. The lowest BCUT2D eigenvalue weighted by molar-refractivity contribution is 0.221. The number of aromatic nitrogens is 5. The SMILES string of the molecule is Cn1cnc2c(N3CCCC(COc4ccccn4)C3)ncnc21. The largest absolute Gasteiger partial charge is 0.477 e. The van der Waals surface area contributed by atoms with E-state index in [9.17, 15) is 0 Å². The number of hydrogen-bond acceptors (Lipinski definition) is 6. The molecule has 24 heavy (non-hydrogen) atoms. The quantitative estimate of drug-likeness (QED) is 0.731. The molecule has 0 spiro atoms. The van der Waals surface area contributed by atoms with Gasteiger partial charge in [-0.25, -0.2) is 19.9 Å². The topological polar surface area (TPSA) is 69.0 Å². The van der Waals surface area contributed by atoms with Crippen molar-refractivity contribution in [1.82, 2.24) is 24.5 Å². The maximum Gasteiger partial charge on any atom is 0.213 e. The predicted molar refractivity (Wildman–Crippen MR) is 91.0 cm³/mol. The Morgan fingerprint density at radius 3 is 3.04 bits per heavy atom. The highest BCUT2D eigenvalue weighted by Gasteiger charge is 2.24. The first-order chi connectivity index (χ1) is 11.8. The first-order valence-corrected chi connectivity index (χ1v) is 8.22. The minimum atomic E-state index is 0.453. The molecule has 0 saturated carbocycles. The lowest BCUT2D eigenvalue weighted by atomic mass is 9.99. The maximum absolute atomic E-state index is 5.83. The van der Waals surface area contributed by atoms with Gasteiger partial charge >= 0.3 is 0 Å². The summed E-state index contributed by atoms with van der Waals surface area (Å²) in [7, 11) is 1.95. The molecule has 0 N–H and O–H groups in total. The zero-order valence-electron chi connectivity index (χ0n) is 13.7. The Morgan fingerprint density at radius 1 is 1.21 bits per heavy atom. The molecular formula is C17H20N6O. The van der Waals surface area contributed by atoms with Crippen molar-refractivity contribution in [3.8, 4) is 5.88 Å². The van der Waals surface area contributed by atoms with Crippen LogP contribution < -0.4 is 9.64 Å². The van der Waals surface area contributed by atoms with Crippen LogP contribution in [0.1, 0.15) is 12.8 Å². The molecule has 3 aromatic heterocycles. The summed E-state index contributed by atoms with van der Waals surface area (Å²) < 4.78 is 7.75. The number of imidazole rings is 1. The zero-order chi connectivity index (χ0) is 16.4. The van der Waals surface area contributed by atoms with Gasteiger partial charge in [-0.3, -0.25) is 0 Å². The lowest BCUT2D eigenvalue weighted by Crippen LogP contribution is -2.38. The van der Waals surface area contributed by atoms with E-state index in [1.54, 1.807) is 18.9 Å². The molecule has 0 radical (unpaired) electrons. The smallest absolute Gasteiger partial charge is 0.213 e. The van der Waals surface area contributed by atoms with Gasteiger partial charge in [-0.2, -0.15) is 0 Å². The fourth-order valence-corrected chi connectivity index (χ4v) is 3.19. The van der Waals surface area contributed by atoms with E-state index in [-0.39, 0.29) is 0 Å².